The summed E-state index contributed by atoms with van der Waals surface area (Å²) in [4.78, 5) is 0. The van der Waals surface area contributed by atoms with E-state index in [4.69, 9.17) is 4.74 Å². The molecule has 1 saturated heterocycles. The predicted octanol–water partition coefficient (Wildman–Crippen LogP) is 3.37. The molecule has 0 radical (unpaired) electrons. The number of benzene rings is 1. The van der Waals surface area contributed by atoms with Crippen LogP contribution in [0.2, 0.25) is 0 Å². The Bertz CT molecular complexity index is 392. The van der Waals surface area contributed by atoms with E-state index in [2.05, 4.69) is 38.2 Å². The van der Waals surface area contributed by atoms with Crippen LogP contribution in [0.15, 0.2) is 12.1 Å². The van der Waals surface area contributed by atoms with Gasteiger partial charge in [0.25, 0.3) is 0 Å². The number of piperidine rings is 1. The van der Waals surface area contributed by atoms with Gasteiger partial charge in [-0.2, -0.15) is 0 Å². The Balaban J connectivity index is 2.29. The van der Waals surface area contributed by atoms with E-state index >= 15 is 0 Å². The number of hydrogen-bond donors (Lipinski definition) is 1. The SMILES string of the molecule is COc1c(C2CCC(C)CN2)ccc(C)c1C. The van der Waals surface area contributed by atoms with Gasteiger partial charge in [0.2, 0.25) is 0 Å². The van der Waals surface area contributed by atoms with Crippen molar-refractivity contribution in [1.29, 1.82) is 0 Å². The molecular weight excluding hydrogens is 210 g/mol. The van der Waals surface area contributed by atoms with Crippen LogP contribution in [0.25, 0.3) is 0 Å². The lowest BCUT2D eigenvalue weighted by Gasteiger charge is -2.29. The van der Waals surface area contributed by atoms with Crippen molar-refractivity contribution in [3.05, 3.63) is 28.8 Å². The molecule has 17 heavy (non-hydrogen) atoms. The fourth-order valence-corrected chi connectivity index (χ4v) is 2.62. The first-order valence-corrected chi connectivity index (χ1v) is 6.51. The smallest absolute Gasteiger partial charge is 0.126 e. The van der Waals surface area contributed by atoms with Crippen molar-refractivity contribution < 1.29 is 4.74 Å². The zero-order valence-corrected chi connectivity index (χ0v) is 11.3. The fourth-order valence-electron chi connectivity index (χ4n) is 2.62. The third-order valence-electron chi connectivity index (χ3n) is 3.95. The van der Waals surface area contributed by atoms with Gasteiger partial charge in [0.1, 0.15) is 5.75 Å². The highest BCUT2D eigenvalue weighted by atomic mass is 16.5. The van der Waals surface area contributed by atoms with Crippen molar-refractivity contribution in [2.24, 2.45) is 5.92 Å². The van der Waals surface area contributed by atoms with Crippen LogP contribution in [0.5, 0.6) is 5.75 Å². The van der Waals surface area contributed by atoms with E-state index in [9.17, 15) is 0 Å². The highest BCUT2D eigenvalue weighted by Crippen LogP contribution is 2.35. The Morgan fingerprint density at radius 2 is 2.00 bits per heavy atom. The topological polar surface area (TPSA) is 21.3 Å². The van der Waals surface area contributed by atoms with Gasteiger partial charge in [-0.3, -0.25) is 0 Å². The molecule has 0 spiro atoms. The molecule has 2 unspecified atom stereocenters. The van der Waals surface area contributed by atoms with E-state index in [1.165, 1.54) is 29.5 Å². The molecule has 1 N–H and O–H groups in total. The minimum atomic E-state index is 0.459. The summed E-state index contributed by atoms with van der Waals surface area (Å²) >= 11 is 0. The molecular formula is C15H23NO. The number of nitrogens with one attached hydrogen (secondary N) is 1. The van der Waals surface area contributed by atoms with Gasteiger partial charge >= 0.3 is 0 Å². The van der Waals surface area contributed by atoms with Gasteiger partial charge in [0, 0.05) is 11.6 Å². The maximum Gasteiger partial charge on any atom is 0.126 e. The zero-order valence-electron chi connectivity index (χ0n) is 11.3. The molecule has 2 atom stereocenters. The standard InChI is InChI=1S/C15H23NO/c1-10-5-8-14(16-9-10)13-7-6-11(2)12(3)15(13)17-4/h6-7,10,14,16H,5,8-9H2,1-4H3. The minimum absolute atomic E-state index is 0.459. The summed E-state index contributed by atoms with van der Waals surface area (Å²) in [6.07, 6.45) is 2.51. The quantitative estimate of drug-likeness (QED) is 0.845. The van der Waals surface area contributed by atoms with Crippen LogP contribution in [0, 0.1) is 19.8 Å². The monoisotopic (exact) mass is 233 g/mol. The predicted molar refractivity (Wildman–Crippen MR) is 71.6 cm³/mol. The Kier molecular flexibility index (Phi) is 3.72. The number of rotatable bonds is 2. The van der Waals surface area contributed by atoms with Crippen molar-refractivity contribution in [3.63, 3.8) is 0 Å². The van der Waals surface area contributed by atoms with E-state index in [0.29, 0.717) is 6.04 Å². The first-order valence-electron chi connectivity index (χ1n) is 6.51. The second kappa shape index (κ2) is 5.09. The van der Waals surface area contributed by atoms with E-state index in [1.54, 1.807) is 7.11 Å². The lowest BCUT2D eigenvalue weighted by atomic mass is 9.90. The molecule has 1 aromatic rings. The van der Waals surface area contributed by atoms with Gasteiger partial charge in [-0.05, 0) is 50.3 Å². The summed E-state index contributed by atoms with van der Waals surface area (Å²) in [6, 6.07) is 4.88. The third-order valence-corrected chi connectivity index (χ3v) is 3.95. The van der Waals surface area contributed by atoms with Crippen molar-refractivity contribution >= 4 is 0 Å². The van der Waals surface area contributed by atoms with E-state index in [-0.39, 0.29) is 0 Å². The molecule has 1 aliphatic heterocycles. The first-order chi connectivity index (χ1) is 8.13. The lowest BCUT2D eigenvalue weighted by molar-refractivity contribution is 0.321. The van der Waals surface area contributed by atoms with Crippen molar-refractivity contribution in [2.75, 3.05) is 13.7 Å². The first kappa shape index (κ1) is 12.4. The van der Waals surface area contributed by atoms with Gasteiger partial charge in [0.15, 0.2) is 0 Å². The maximum atomic E-state index is 5.60. The maximum absolute atomic E-state index is 5.60. The Labute approximate surface area is 104 Å². The number of hydrogen-bond acceptors (Lipinski definition) is 2. The highest BCUT2D eigenvalue weighted by Gasteiger charge is 2.22. The summed E-state index contributed by atoms with van der Waals surface area (Å²) in [5.41, 5.74) is 3.89. The Morgan fingerprint density at radius 3 is 2.59 bits per heavy atom. The van der Waals surface area contributed by atoms with E-state index in [1.807, 2.05) is 0 Å². The summed E-state index contributed by atoms with van der Waals surface area (Å²) in [7, 11) is 1.77. The molecule has 0 aliphatic carbocycles. The van der Waals surface area contributed by atoms with Crippen LogP contribution in [-0.4, -0.2) is 13.7 Å². The van der Waals surface area contributed by atoms with Gasteiger partial charge < -0.3 is 10.1 Å². The second-order valence-electron chi connectivity index (χ2n) is 5.27. The summed E-state index contributed by atoms with van der Waals surface area (Å²) in [6.45, 7) is 7.70. The van der Waals surface area contributed by atoms with Crippen LogP contribution in [0.1, 0.15) is 42.5 Å². The highest BCUT2D eigenvalue weighted by molar-refractivity contribution is 5.46. The molecule has 94 valence electrons. The number of methoxy groups -OCH3 is 1. The molecule has 1 heterocycles. The number of ether oxygens (including phenoxy) is 1. The van der Waals surface area contributed by atoms with Crippen LogP contribution in [0.4, 0.5) is 0 Å². The van der Waals surface area contributed by atoms with Gasteiger partial charge in [-0.1, -0.05) is 19.1 Å². The molecule has 1 fully saturated rings. The average Bonchev–Trinajstić information content (AvgIpc) is 2.34. The van der Waals surface area contributed by atoms with E-state index in [0.717, 1.165) is 18.2 Å². The van der Waals surface area contributed by atoms with Crippen LogP contribution < -0.4 is 10.1 Å². The molecule has 0 saturated carbocycles. The zero-order chi connectivity index (χ0) is 12.4. The molecule has 0 amide bonds. The minimum Gasteiger partial charge on any atom is -0.496 e. The van der Waals surface area contributed by atoms with Crippen molar-refractivity contribution in [2.45, 2.75) is 39.7 Å². The summed E-state index contributed by atoms with van der Waals surface area (Å²) in [5, 5.41) is 3.63. The lowest BCUT2D eigenvalue weighted by Crippen LogP contribution is -2.32. The third kappa shape index (κ3) is 2.47. The van der Waals surface area contributed by atoms with E-state index < -0.39 is 0 Å². The van der Waals surface area contributed by atoms with Crippen LogP contribution in [-0.2, 0) is 0 Å². The van der Waals surface area contributed by atoms with Crippen LogP contribution >= 0.6 is 0 Å². The molecule has 0 bridgehead atoms. The second-order valence-corrected chi connectivity index (χ2v) is 5.27. The molecule has 2 heteroatoms. The molecule has 0 aromatic heterocycles. The van der Waals surface area contributed by atoms with Crippen molar-refractivity contribution in [1.82, 2.24) is 5.32 Å². The Hall–Kier alpha value is -1.02. The van der Waals surface area contributed by atoms with Crippen molar-refractivity contribution in [3.8, 4) is 5.75 Å². The molecule has 1 aromatic carbocycles. The fraction of sp³-hybridized carbons (Fsp3) is 0.600. The summed E-state index contributed by atoms with van der Waals surface area (Å²) in [5.74, 6) is 1.86. The molecule has 1 aliphatic rings. The molecule has 2 rings (SSSR count). The summed E-state index contributed by atoms with van der Waals surface area (Å²) < 4.78 is 5.60. The molecule has 2 nitrogen and oxygen atoms in total. The van der Waals surface area contributed by atoms with Crippen LogP contribution in [0.3, 0.4) is 0 Å². The average molecular weight is 233 g/mol. The Morgan fingerprint density at radius 1 is 1.24 bits per heavy atom. The van der Waals surface area contributed by atoms with Gasteiger partial charge in [-0.15, -0.1) is 0 Å². The largest absolute Gasteiger partial charge is 0.496 e. The normalized spacial score (nSPS) is 24.7. The van der Waals surface area contributed by atoms with Gasteiger partial charge in [0.05, 0.1) is 7.11 Å². The van der Waals surface area contributed by atoms with Gasteiger partial charge in [-0.25, -0.2) is 0 Å². The number of aryl methyl sites for hydroxylation is 1.